The number of rotatable bonds is 8. The zero-order chi connectivity index (χ0) is 19.3. The minimum atomic E-state index is -0.644. The molecule has 0 aliphatic carbocycles. The van der Waals surface area contributed by atoms with Gasteiger partial charge in [-0.3, -0.25) is 4.79 Å². The Bertz CT molecular complexity index is 888. The maximum Gasteiger partial charge on any atom is 0.226 e. The summed E-state index contributed by atoms with van der Waals surface area (Å²) in [4.78, 5) is 16.3. The average Bonchev–Trinajstić information content (AvgIpc) is 3.10. The first-order valence-electron chi connectivity index (χ1n) is 9.36. The van der Waals surface area contributed by atoms with Gasteiger partial charge in [0, 0.05) is 17.1 Å². The van der Waals surface area contributed by atoms with E-state index in [4.69, 9.17) is 0 Å². The zero-order valence-corrected chi connectivity index (χ0v) is 15.7. The first-order valence-corrected chi connectivity index (χ1v) is 9.36. The van der Waals surface area contributed by atoms with Gasteiger partial charge in [-0.1, -0.05) is 62.4 Å². The number of carbonyl (C=O) groups is 1. The fraction of sp³-hybridized carbons (Fsp3) is 0.304. The Labute approximate surface area is 160 Å². The Kier molecular flexibility index (Phi) is 5.97. The van der Waals surface area contributed by atoms with Gasteiger partial charge in [-0.25, -0.2) is 0 Å². The molecule has 1 heterocycles. The SMILES string of the molecule is [CH2]CC(C)(Cc1c[nH]c2ccccc12)C(=O)NC(CO)Cc1ccccc1. The van der Waals surface area contributed by atoms with Crippen LogP contribution in [0.4, 0.5) is 0 Å². The summed E-state index contributed by atoms with van der Waals surface area (Å²) >= 11 is 0. The topological polar surface area (TPSA) is 65.1 Å². The lowest BCUT2D eigenvalue weighted by atomic mass is 9.80. The lowest BCUT2D eigenvalue weighted by Gasteiger charge is -2.29. The molecule has 2 aromatic carbocycles. The van der Waals surface area contributed by atoms with Crippen LogP contribution in [-0.4, -0.2) is 28.6 Å². The van der Waals surface area contributed by atoms with Gasteiger partial charge in [-0.15, -0.1) is 0 Å². The smallest absolute Gasteiger partial charge is 0.226 e. The van der Waals surface area contributed by atoms with Gasteiger partial charge in [0.1, 0.15) is 0 Å². The number of aromatic amines is 1. The molecule has 1 radical (unpaired) electrons. The predicted octanol–water partition coefficient (Wildman–Crippen LogP) is 3.66. The summed E-state index contributed by atoms with van der Waals surface area (Å²) in [5.74, 6) is -0.0715. The monoisotopic (exact) mass is 363 g/mol. The van der Waals surface area contributed by atoms with Crippen LogP contribution < -0.4 is 5.32 Å². The van der Waals surface area contributed by atoms with Crippen LogP contribution in [0, 0.1) is 12.3 Å². The van der Waals surface area contributed by atoms with Crippen molar-refractivity contribution in [1.82, 2.24) is 10.3 Å². The highest BCUT2D eigenvalue weighted by atomic mass is 16.3. The van der Waals surface area contributed by atoms with E-state index < -0.39 is 5.41 Å². The van der Waals surface area contributed by atoms with Crippen LogP contribution >= 0.6 is 0 Å². The van der Waals surface area contributed by atoms with E-state index in [1.807, 2.05) is 61.7 Å². The summed E-state index contributed by atoms with van der Waals surface area (Å²) in [5.41, 5.74) is 2.62. The maximum absolute atomic E-state index is 13.0. The number of aliphatic hydroxyl groups excluding tert-OH is 1. The number of aromatic nitrogens is 1. The molecular formula is C23H27N2O2. The van der Waals surface area contributed by atoms with E-state index in [1.165, 1.54) is 0 Å². The number of para-hydroxylation sites is 1. The predicted molar refractivity (Wildman–Crippen MR) is 109 cm³/mol. The largest absolute Gasteiger partial charge is 0.394 e. The van der Waals surface area contributed by atoms with Crippen molar-refractivity contribution in [3.63, 3.8) is 0 Å². The molecule has 141 valence electrons. The fourth-order valence-corrected chi connectivity index (χ4v) is 3.40. The maximum atomic E-state index is 13.0. The molecule has 3 rings (SSSR count). The first-order chi connectivity index (χ1) is 13.1. The molecule has 0 spiro atoms. The number of H-pyrrole nitrogens is 1. The van der Waals surface area contributed by atoms with E-state index >= 15 is 0 Å². The number of benzene rings is 2. The van der Waals surface area contributed by atoms with Gasteiger partial charge in [0.15, 0.2) is 0 Å². The Balaban J connectivity index is 1.73. The van der Waals surface area contributed by atoms with Crippen molar-refractivity contribution < 1.29 is 9.90 Å². The number of nitrogens with one attached hydrogen (secondary N) is 2. The highest BCUT2D eigenvalue weighted by Crippen LogP contribution is 2.30. The molecule has 1 aromatic heterocycles. The Morgan fingerprint density at radius 2 is 1.89 bits per heavy atom. The van der Waals surface area contributed by atoms with Crippen LogP contribution in [-0.2, 0) is 17.6 Å². The molecule has 3 N–H and O–H groups in total. The Morgan fingerprint density at radius 3 is 2.59 bits per heavy atom. The second kappa shape index (κ2) is 8.40. The van der Waals surface area contributed by atoms with E-state index in [0.717, 1.165) is 22.0 Å². The zero-order valence-electron chi connectivity index (χ0n) is 15.7. The molecular weight excluding hydrogens is 336 g/mol. The van der Waals surface area contributed by atoms with Crippen LogP contribution in [0.5, 0.6) is 0 Å². The molecule has 1 amide bonds. The van der Waals surface area contributed by atoms with Crippen LogP contribution in [0.25, 0.3) is 10.9 Å². The van der Waals surface area contributed by atoms with Gasteiger partial charge in [-0.05, 0) is 36.5 Å². The van der Waals surface area contributed by atoms with E-state index in [1.54, 1.807) is 0 Å². The standard InChI is InChI=1S/C23H27N2O2/c1-3-23(2,14-18-15-24-21-12-8-7-11-20(18)21)22(27)25-19(16-26)13-17-9-5-4-6-10-17/h4-12,15,19,24,26H,1,3,13-14,16H2,2H3,(H,25,27). The summed E-state index contributed by atoms with van der Waals surface area (Å²) in [6.45, 7) is 5.87. The average molecular weight is 363 g/mol. The highest BCUT2D eigenvalue weighted by Gasteiger charge is 2.33. The molecule has 27 heavy (non-hydrogen) atoms. The summed E-state index contributed by atoms with van der Waals surface area (Å²) in [5, 5.41) is 13.9. The summed E-state index contributed by atoms with van der Waals surface area (Å²) in [6, 6.07) is 17.7. The van der Waals surface area contributed by atoms with E-state index in [2.05, 4.69) is 23.3 Å². The summed E-state index contributed by atoms with van der Waals surface area (Å²) < 4.78 is 0. The second-order valence-corrected chi connectivity index (χ2v) is 7.39. The van der Waals surface area contributed by atoms with Gasteiger partial charge >= 0.3 is 0 Å². The number of hydrogen-bond acceptors (Lipinski definition) is 2. The van der Waals surface area contributed by atoms with E-state index in [-0.39, 0.29) is 18.6 Å². The number of hydrogen-bond donors (Lipinski definition) is 3. The van der Waals surface area contributed by atoms with Crippen LogP contribution in [0.1, 0.15) is 24.5 Å². The molecule has 3 aromatic rings. The molecule has 2 atom stereocenters. The molecule has 0 fully saturated rings. The lowest BCUT2D eigenvalue weighted by Crippen LogP contribution is -2.47. The third-order valence-corrected chi connectivity index (χ3v) is 5.24. The quantitative estimate of drug-likeness (QED) is 0.572. The van der Waals surface area contributed by atoms with Gasteiger partial charge in [0.25, 0.3) is 0 Å². The molecule has 0 saturated carbocycles. The highest BCUT2D eigenvalue weighted by molar-refractivity contribution is 5.86. The Hall–Kier alpha value is -2.59. The van der Waals surface area contributed by atoms with Crippen molar-refractivity contribution in [3.8, 4) is 0 Å². The number of aliphatic hydroxyl groups is 1. The van der Waals surface area contributed by atoms with Gasteiger partial charge < -0.3 is 15.4 Å². The van der Waals surface area contributed by atoms with Crippen LogP contribution in [0.2, 0.25) is 0 Å². The third-order valence-electron chi connectivity index (χ3n) is 5.24. The third kappa shape index (κ3) is 4.40. The van der Waals surface area contributed by atoms with Crippen LogP contribution in [0.15, 0.2) is 60.8 Å². The second-order valence-electron chi connectivity index (χ2n) is 7.39. The summed E-state index contributed by atoms with van der Waals surface area (Å²) in [7, 11) is 0. The van der Waals surface area contributed by atoms with E-state index in [9.17, 15) is 9.90 Å². The molecule has 0 aliphatic heterocycles. The molecule has 2 unspecified atom stereocenters. The first kappa shape index (κ1) is 19.2. The van der Waals surface area contributed by atoms with Crippen molar-refractivity contribution in [2.75, 3.05) is 6.61 Å². The molecule has 0 aliphatic rings. The lowest BCUT2D eigenvalue weighted by molar-refractivity contribution is -0.131. The number of amides is 1. The van der Waals surface area contributed by atoms with Gasteiger partial charge in [0.05, 0.1) is 18.1 Å². The number of carbonyl (C=O) groups excluding carboxylic acids is 1. The van der Waals surface area contributed by atoms with Crippen LogP contribution in [0.3, 0.4) is 0 Å². The van der Waals surface area contributed by atoms with Crippen molar-refractivity contribution in [3.05, 3.63) is 78.8 Å². The van der Waals surface area contributed by atoms with E-state index in [0.29, 0.717) is 19.3 Å². The normalized spacial score (nSPS) is 14.6. The molecule has 4 nitrogen and oxygen atoms in total. The van der Waals surface area contributed by atoms with Crippen molar-refractivity contribution >= 4 is 16.8 Å². The Morgan fingerprint density at radius 1 is 1.19 bits per heavy atom. The van der Waals surface area contributed by atoms with Crippen molar-refractivity contribution in [2.45, 2.75) is 32.2 Å². The van der Waals surface area contributed by atoms with Crippen molar-refractivity contribution in [1.29, 1.82) is 0 Å². The summed E-state index contributed by atoms with van der Waals surface area (Å²) in [6.07, 6.45) is 3.64. The van der Waals surface area contributed by atoms with Crippen molar-refractivity contribution in [2.24, 2.45) is 5.41 Å². The van der Waals surface area contributed by atoms with Gasteiger partial charge in [0.2, 0.25) is 5.91 Å². The van der Waals surface area contributed by atoms with Gasteiger partial charge in [-0.2, -0.15) is 0 Å². The minimum Gasteiger partial charge on any atom is -0.394 e. The number of fused-ring (bicyclic) bond motifs is 1. The molecule has 4 heteroatoms. The molecule has 0 saturated heterocycles. The minimum absolute atomic E-state index is 0.0715. The fourth-order valence-electron chi connectivity index (χ4n) is 3.40. The molecule has 0 bridgehead atoms.